The summed E-state index contributed by atoms with van der Waals surface area (Å²) in [5, 5.41) is 13.2. The number of carboxylic acid groups (broad SMARTS) is 1. The number of carbonyl (C=O) groups excluding carboxylic acids is 1. The molecule has 0 radical (unpaired) electrons. The lowest BCUT2D eigenvalue weighted by molar-refractivity contribution is 0.0696. The molecule has 2 N–H and O–H groups in total. The molecule has 1 amide bonds. The lowest BCUT2D eigenvalue weighted by Gasteiger charge is -2.22. The van der Waals surface area contributed by atoms with E-state index >= 15 is 0 Å². The smallest absolute Gasteiger partial charge is 0.339 e. The number of amides is 1. The molecule has 1 aliphatic heterocycles. The van der Waals surface area contributed by atoms with Crippen LogP contribution in [0.3, 0.4) is 0 Å². The van der Waals surface area contributed by atoms with Gasteiger partial charge in [-0.3, -0.25) is 4.79 Å². The van der Waals surface area contributed by atoms with Crippen molar-refractivity contribution in [2.45, 2.75) is 13.0 Å². The SMILES string of the molecule is CN1CCc2c(sc(NC(=O)c3ccc(Cl)cc3)c2C(=O)O)C1.Cl. The number of anilines is 1. The third kappa shape index (κ3) is 3.72. The molecule has 8 heteroatoms. The molecule has 0 saturated heterocycles. The van der Waals surface area contributed by atoms with Crippen LogP contribution in [0.15, 0.2) is 24.3 Å². The van der Waals surface area contributed by atoms with Crippen molar-refractivity contribution in [2.75, 3.05) is 18.9 Å². The molecule has 0 spiro atoms. The summed E-state index contributed by atoms with van der Waals surface area (Å²) >= 11 is 7.15. The zero-order valence-electron chi connectivity index (χ0n) is 12.8. The van der Waals surface area contributed by atoms with E-state index in [1.54, 1.807) is 24.3 Å². The first-order valence-electron chi connectivity index (χ1n) is 7.09. The molecule has 0 unspecified atom stereocenters. The number of hydrogen-bond acceptors (Lipinski definition) is 4. The first kappa shape index (κ1) is 18.7. The highest BCUT2D eigenvalue weighted by molar-refractivity contribution is 7.17. The molecule has 0 saturated carbocycles. The van der Waals surface area contributed by atoms with Crippen molar-refractivity contribution in [1.29, 1.82) is 0 Å². The largest absolute Gasteiger partial charge is 0.478 e. The van der Waals surface area contributed by atoms with Gasteiger partial charge in [0.05, 0.1) is 5.56 Å². The number of benzene rings is 1. The van der Waals surface area contributed by atoms with Gasteiger partial charge in [0.2, 0.25) is 0 Å². The number of halogens is 2. The number of likely N-dealkylation sites (N-methyl/N-ethyl adjacent to an activating group) is 1. The zero-order valence-corrected chi connectivity index (χ0v) is 15.2. The number of rotatable bonds is 3. The maximum absolute atomic E-state index is 12.3. The van der Waals surface area contributed by atoms with E-state index in [9.17, 15) is 14.7 Å². The van der Waals surface area contributed by atoms with Crippen LogP contribution in [0, 0.1) is 0 Å². The van der Waals surface area contributed by atoms with Crippen molar-refractivity contribution in [3.8, 4) is 0 Å². The lowest BCUT2D eigenvalue weighted by Crippen LogP contribution is -2.26. The second kappa shape index (κ2) is 7.53. The van der Waals surface area contributed by atoms with Gasteiger partial charge in [-0.05, 0) is 43.3 Å². The molecule has 1 aromatic heterocycles. The number of carboxylic acids is 1. The standard InChI is InChI=1S/C16H15ClN2O3S.ClH/c1-19-7-6-11-12(8-19)23-15(13(11)16(21)22)18-14(20)9-2-4-10(17)5-3-9;/h2-5H,6-8H2,1H3,(H,18,20)(H,21,22);1H. The fourth-order valence-corrected chi connectivity index (χ4v) is 4.06. The van der Waals surface area contributed by atoms with Crippen LogP contribution in [0.4, 0.5) is 5.00 Å². The number of aromatic carboxylic acids is 1. The van der Waals surface area contributed by atoms with Gasteiger partial charge in [0.1, 0.15) is 5.00 Å². The van der Waals surface area contributed by atoms with E-state index < -0.39 is 5.97 Å². The van der Waals surface area contributed by atoms with Gasteiger partial charge in [0.25, 0.3) is 5.91 Å². The maximum Gasteiger partial charge on any atom is 0.339 e. The summed E-state index contributed by atoms with van der Waals surface area (Å²) in [7, 11) is 2.00. The van der Waals surface area contributed by atoms with Crippen LogP contribution >= 0.6 is 35.3 Å². The van der Waals surface area contributed by atoms with Gasteiger partial charge in [-0.2, -0.15) is 0 Å². The van der Waals surface area contributed by atoms with Gasteiger partial charge in [0, 0.05) is 28.6 Å². The van der Waals surface area contributed by atoms with E-state index in [0.29, 0.717) is 28.6 Å². The van der Waals surface area contributed by atoms with Crippen molar-refractivity contribution in [1.82, 2.24) is 4.90 Å². The van der Waals surface area contributed by atoms with Crippen molar-refractivity contribution < 1.29 is 14.7 Å². The molecule has 2 heterocycles. The molecule has 0 atom stereocenters. The molecule has 5 nitrogen and oxygen atoms in total. The molecule has 0 fully saturated rings. The van der Waals surface area contributed by atoms with E-state index in [1.807, 2.05) is 7.05 Å². The summed E-state index contributed by atoms with van der Waals surface area (Å²) in [5.41, 5.74) is 1.50. The number of nitrogens with one attached hydrogen (secondary N) is 1. The molecule has 3 rings (SSSR count). The molecule has 1 aromatic carbocycles. The van der Waals surface area contributed by atoms with E-state index in [-0.39, 0.29) is 23.9 Å². The third-order valence-corrected chi connectivity index (χ3v) is 5.18. The van der Waals surface area contributed by atoms with Crippen LogP contribution in [0.2, 0.25) is 5.02 Å². The van der Waals surface area contributed by atoms with E-state index in [0.717, 1.165) is 17.0 Å². The van der Waals surface area contributed by atoms with Crippen LogP contribution in [-0.4, -0.2) is 35.5 Å². The highest BCUT2D eigenvalue weighted by atomic mass is 35.5. The van der Waals surface area contributed by atoms with Crippen molar-refractivity contribution in [3.05, 3.63) is 50.9 Å². The quantitative estimate of drug-likeness (QED) is 0.842. The average Bonchev–Trinajstić information content (AvgIpc) is 2.84. The van der Waals surface area contributed by atoms with Crippen molar-refractivity contribution in [2.24, 2.45) is 0 Å². The third-order valence-electron chi connectivity index (χ3n) is 3.80. The maximum atomic E-state index is 12.3. The van der Waals surface area contributed by atoms with Gasteiger partial charge in [0.15, 0.2) is 0 Å². The fourth-order valence-electron chi connectivity index (χ4n) is 2.62. The molecule has 0 aliphatic carbocycles. The Hall–Kier alpha value is -1.60. The number of carbonyl (C=O) groups is 2. The summed E-state index contributed by atoms with van der Waals surface area (Å²) in [6.45, 7) is 1.52. The number of hydrogen-bond donors (Lipinski definition) is 2. The summed E-state index contributed by atoms with van der Waals surface area (Å²) in [5.74, 6) is -1.34. The average molecular weight is 387 g/mol. The Labute approximate surface area is 154 Å². The van der Waals surface area contributed by atoms with Crippen LogP contribution in [0.25, 0.3) is 0 Å². The number of thiophene rings is 1. The van der Waals surface area contributed by atoms with Gasteiger partial charge < -0.3 is 15.3 Å². The number of fused-ring (bicyclic) bond motifs is 1. The molecular weight excluding hydrogens is 371 g/mol. The van der Waals surface area contributed by atoms with E-state index in [1.165, 1.54) is 11.3 Å². The Morgan fingerprint density at radius 2 is 1.96 bits per heavy atom. The molecule has 0 bridgehead atoms. The predicted octanol–water partition coefficient (Wildman–Crippen LogP) is 3.76. The van der Waals surface area contributed by atoms with Crippen LogP contribution in [-0.2, 0) is 13.0 Å². The minimum Gasteiger partial charge on any atom is -0.478 e. The lowest BCUT2D eigenvalue weighted by atomic mass is 10.0. The van der Waals surface area contributed by atoms with Gasteiger partial charge in [-0.1, -0.05) is 11.6 Å². The van der Waals surface area contributed by atoms with Crippen molar-refractivity contribution >= 4 is 52.2 Å². The van der Waals surface area contributed by atoms with E-state index in [4.69, 9.17) is 11.6 Å². The Balaban J connectivity index is 0.00000208. The van der Waals surface area contributed by atoms with Crippen LogP contribution < -0.4 is 5.32 Å². The normalized spacial score (nSPS) is 13.8. The highest BCUT2D eigenvalue weighted by Gasteiger charge is 2.27. The molecule has 1 aliphatic rings. The fraction of sp³-hybridized carbons (Fsp3) is 0.250. The number of nitrogens with zero attached hydrogens (tertiary/aromatic N) is 1. The Bertz CT molecular complexity index is 774. The first-order chi connectivity index (χ1) is 11.0. The summed E-state index contributed by atoms with van der Waals surface area (Å²) in [6, 6.07) is 6.48. The first-order valence-corrected chi connectivity index (χ1v) is 8.28. The summed E-state index contributed by atoms with van der Waals surface area (Å²) in [4.78, 5) is 27.1. The molecule has 2 aromatic rings. The second-order valence-corrected chi connectivity index (χ2v) is 7.00. The topological polar surface area (TPSA) is 69.6 Å². The second-order valence-electron chi connectivity index (χ2n) is 5.46. The summed E-state index contributed by atoms with van der Waals surface area (Å²) in [6.07, 6.45) is 0.681. The summed E-state index contributed by atoms with van der Waals surface area (Å²) < 4.78 is 0. The minimum atomic E-state index is -1.00. The predicted molar refractivity (Wildman–Crippen MR) is 98.0 cm³/mol. The Morgan fingerprint density at radius 3 is 2.58 bits per heavy atom. The highest BCUT2D eigenvalue weighted by Crippen LogP contribution is 2.37. The molecular formula is C16H16Cl2N2O3S. The van der Waals surface area contributed by atoms with E-state index in [2.05, 4.69) is 10.2 Å². The van der Waals surface area contributed by atoms with Gasteiger partial charge in [-0.25, -0.2) is 4.79 Å². The van der Waals surface area contributed by atoms with Crippen LogP contribution in [0.5, 0.6) is 0 Å². The Morgan fingerprint density at radius 1 is 1.29 bits per heavy atom. The van der Waals surface area contributed by atoms with Crippen molar-refractivity contribution in [3.63, 3.8) is 0 Å². The Kier molecular flexibility index (Phi) is 5.87. The molecule has 24 heavy (non-hydrogen) atoms. The molecule has 128 valence electrons. The van der Waals surface area contributed by atoms with Gasteiger partial charge in [-0.15, -0.1) is 23.7 Å². The zero-order chi connectivity index (χ0) is 16.6. The van der Waals surface area contributed by atoms with Crippen LogP contribution in [0.1, 0.15) is 31.2 Å². The minimum absolute atomic E-state index is 0. The monoisotopic (exact) mass is 386 g/mol. The van der Waals surface area contributed by atoms with Gasteiger partial charge >= 0.3 is 5.97 Å².